The summed E-state index contributed by atoms with van der Waals surface area (Å²) in [5, 5.41) is 10.7. The minimum absolute atomic E-state index is 0.294. The van der Waals surface area contributed by atoms with Crippen molar-refractivity contribution < 1.29 is 23.5 Å². The van der Waals surface area contributed by atoms with Crippen LogP contribution in [0.15, 0.2) is 12.1 Å². The van der Waals surface area contributed by atoms with Gasteiger partial charge in [-0.25, -0.2) is 8.78 Å². The quantitative estimate of drug-likeness (QED) is 0.838. The Labute approximate surface area is 96.3 Å². The van der Waals surface area contributed by atoms with Crippen LogP contribution >= 0.6 is 0 Å². The van der Waals surface area contributed by atoms with Gasteiger partial charge in [-0.2, -0.15) is 0 Å². The number of carbonyl (C=O) groups excluding carboxylic acids is 1. The standard InChI is InChI=1S/C11H11F2NO3/c1-14-11(17)7-2-4-8(12)6(10(7)13)3-5-9(15)16/h2,4H,3,5H2,1H3,(H,14,17)(H,15,16). The molecular weight excluding hydrogens is 232 g/mol. The summed E-state index contributed by atoms with van der Waals surface area (Å²) in [6.07, 6.45) is -0.692. The number of hydrogen-bond donors (Lipinski definition) is 2. The first kappa shape index (κ1) is 13.1. The fourth-order valence-corrected chi connectivity index (χ4v) is 1.37. The fourth-order valence-electron chi connectivity index (χ4n) is 1.37. The lowest BCUT2D eigenvalue weighted by molar-refractivity contribution is -0.136. The second-order valence-electron chi connectivity index (χ2n) is 3.36. The predicted molar refractivity (Wildman–Crippen MR) is 55.7 cm³/mol. The second-order valence-corrected chi connectivity index (χ2v) is 3.36. The molecule has 92 valence electrons. The zero-order valence-electron chi connectivity index (χ0n) is 9.09. The molecule has 17 heavy (non-hydrogen) atoms. The van der Waals surface area contributed by atoms with E-state index in [-0.39, 0.29) is 17.5 Å². The van der Waals surface area contributed by atoms with E-state index in [4.69, 9.17) is 5.11 Å². The van der Waals surface area contributed by atoms with E-state index in [2.05, 4.69) is 5.32 Å². The molecule has 0 heterocycles. The Hall–Kier alpha value is -1.98. The van der Waals surface area contributed by atoms with E-state index in [9.17, 15) is 18.4 Å². The van der Waals surface area contributed by atoms with Crippen LogP contribution in [0.5, 0.6) is 0 Å². The van der Waals surface area contributed by atoms with Crippen LogP contribution in [0.4, 0.5) is 8.78 Å². The van der Waals surface area contributed by atoms with Crippen molar-refractivity contribution in [2.45, 2.75) is 12.8 Å². The average molecular weight is 243 g/mol. The van der Waals surface area contributed by atoms with Gasteiger partial charge in [0.2, 0.25) is 0 Å². The van der Waals surface area contributed by atoms with Gasteiger partial charge in [0.1, 0.15) is 11.6 Å². The summed E-state index contributed by atoms with van der Waals surface area (Å²) >= 11 is 0. The van der Waals surface area contributed by atoms with Crippen LogP contribution in [0.25, 0.3) is 0 Å². The first-order chi connectivity index (χ1) is 7.97. The molecule has 1 rings (SSSR count). The van der Waals surface area contributed by atoms with Crippen molar-refractivity contribution >= 4 is 11.9 Å². The van der Waals surface area contributed by atoms with Gasteiger partial charge in [-0.05, 0) is 18.6 Å². The molecule has 0 fully saturated rings. The maximum absolute atomic E-state index is 13.7. The smallest absolute Gasteiger partial charge is 0.303 e. The molecule has 1 aromatic rings. The maximum Gasteiger partial charge on any atom is 0.303 e. The molecule has 0 saturated heterocycles. The van der Waals surface area contributed by atoms with Crippen LogP contribution in [-0.2, 0) is 11.2 Å². The highest BCUT2D eigenvalue weighted by atomic mass is 19.1. The third-order valence-corrected chi connectivity index (χ3v) is 2.25. The monoisotopic (exact) mass is 243 g/mol. The molecule has 0 aliphatic heterocycles. The van der Waals surface area contributed by atoms with E-state index in [1.165, 1.54) is 7.05 Å². The lowest BCUT2D eigenvalue weighted by Crippen LogP contribution is -2.20. The molecule has 2 N–H and O–H groups in total. The van der Waals surface area contributed by atoms with E-state index in [1.54, 1.807) is 0 Å². The van der Waals surface area contributed by atoms with E-state index in [1.807, 2.05) is 0 Å². The highest BCUT2D eigenvalue weighted by molar-refractivity contribution is 5.94. The molecule has 0 aliphatic carbocycles. The van der Waals surface area contributed by atoms with Crippen LogP contribution < -0.4 is 5.32 Å². The fraction of sp³-hybridized carbons (Fsp3) is 0.273. The van der Waals surface area contributed by atoms with Gasteiger partial charge >= 0.3 is 5.97 Å². The van der Waals surface area contributed by atoms with Crippen LogP contribution in [0.3, 0.4) is 0 Å². The number of rotatable bonds is 4. The molecule has 6 heteroatoms. The van der Waals surface area contributed by atoms with Crippen molar-refractivity contribution in [3.05, 3.63) is 34.9 Å². The van der Waals surface area contributed by atoms with Gasteiger partial charge in [-0.15, -0.1) is 0 Å². The minimum atomic E-state index is -1.16. The van der Waals surface area contributed by atoms with Gasteiger partial charge in [0.25, 0.3) is 5.91 Å². The Morgan fingerprint density at radius 1 is 1.35 bits per heavy atom. The zero-order valence-corrected chi connectivity index (χ0v) is 9.09. The Balaban J connectivity index is 3.10. The highest BCUT2D eigenvalue weighted by Crippen LogP contribution is 2.18. The molecule has 0 spiro atoms. The largest absolute Gasteiger partial charge is 0.481 e. The van der Waals surface area contributed by atoms with Crippen LogP contribution in [0.2, 0.25) is 0 Å². The van der Waals surface area contributed by atoms with E-state index in [0.29, 0.717) is 0 Å². The third-order valence-electron chi connectivity index (χ3n) is 2.25. The number of benzene rings is 1. The summed E-state index contributed by atoms with van der Waals surface area (Å²) < 4.78 is 27.0. The molecule has 4 nitrogen and oxygen atoms in total. The second kappa shape index (κ2) is 5.38. The van der Waals surface area contributed by atoms with Crippen molar-refractivity contribution in [2.24, 2.45) is 0 Å². The van der Waals surface area contributed by atoms with Crippen LogP contribution in [0, 0.1) is 11.6 Å². The highest BCUT2D eigenvalue weighted by Gasteiger charge is 2.18. The van der Waals surface area contributed by atoms with Gasteiger partial charge in [0.15, 0.2) is 0 Å². The Bertz CT molecular complexity index is 460. The van der Waals surface area contributed by atoms with Crippen molar-refractivity contribution in [1.29, 1.82) is 0 Å². The number of carboxylic acid groups (broad SMARTS) is 1. The van der Waals surface area contributed by atoms with Crippen molar-refractivity contribution in [3.63, 3.8) is 0 Å². The number of hydrogen-bond acceptors (Lipinski definition) is 2. The topological polar surface area (TPSA) is 66.4 Å². The molecule has 0 radical (unpaired) electrons. The molecular formula is C11H11F2NO3. The summed E-state index contributed by atoms with van der Waals surface area (Å²) in [5.74, 6) is -3.70. The third kappa shape index (κ3) is 2.99. The SMILES string of the molecule is CNC(=O)c1ccc(F)c(CCC(=O)O)c1F. The summed E-state index contributed by atoms with van der Waals surface area (Å²) in [6.45, 7) is 0. The van der Waals surface area contributed by atoms with E-state index < -0.39 is 29.9 Å². The Kier molecular flexibility index (Phi) is 4.14. The number of nitrogens with one attached hydrogen (secondary N) is 1. The number of amides is 1. The lowest BCUT2D eigenvalue weighted by Gasteiger charge is -2.07. The predicted octanol–water partition coefficient (Wildman–Crippen LogP) is 1.34. The molecule has 1 amide bonds. The van der Waals surface area contributed by atoms with Gasteiger partial charge in [0.05, 0.1) is 5.56 Å². The van der Waals surface area contributed by atoms with Crippen molar-refractivity contribution in [3.8, 4) is 0 Å². The molecule has 0 aliphatic rings. The van der Waals surface area contributed by atoms with Crippen LogP contribution in [-0.4, -0.2) is 24.0 Å². The zero-order chi connectivity index (χ0) is 13.0. The summed E-state index contributed by atoms with van der Waals surface area (Å²) in [4.78, 5) is 21.6. The Morgan fingerprint density at radius 3 is 2.53 bits per heavy atom. The molecule has 0 aromatic heterocycles. The molecule has 0 saturated carbocycles. The summed E-state index contributed by atoms with van der Waals surface area (Å²) in [6, 6.07) is 1.97. The number of aliphatic carboxylic acids is 1. The van der Waals surface area contributed by atoms with Gasteiger partial charge < -0.3 is 10.4 Å². The van der Waals surface area contributed by atoms with Crippen LogP contribution in [0.1, 0.15) is 22.3 Å². The van der Waals surface area contributed by atoms with Crippen molar-refractivity contribution in [2.75, 3.05) is 7.05 Å². The Morgan fingerprint density at radius 2 is 2.00 bits per heavy atom. The average Bonchev–Trinajstić information content (AvgIpc) is 2.27. The molecule has 1 aromatic carbocycles. The normalized spacial score (nSPS) is 10.1. The first-order valence-corrected chi connectivity index (χ1v) is 4.88. The van der Waals surface area contributed by atoms with Gasteiger partial charge in [-0.1, -0.05) is 0 Å². The number of carboxylic acids is 1. The number of carbonyl (C=O) groups is 2. The lowest BCUT2D eigenvalue weighted by atomic mass is 10.0. The van der Waals surface area contributed by atoms with Gasteiger partial charge in [-0.3, -0.25) is 9.59 Å². The summed E-state index contributed by atoms with van der Waals surface area (Å²) in [7, 11) is 1.32. The molecule has 0 bridgehead atoms. The minimum Gasteiger partial charge on any atom is -0.481 e. The maximum atomic E-state index is 13.7. The molecule has 0 atom stereocenters. The van der Waals surface area contributed by atoms with E-state index >= 15 is 0 Å². The van der Waals surface area contributed by atoms with E-state index in [0.717, 1.165) is 12.1 Å². The van der Waals surface area contributed by atoms with Gasteiger partial charge in [0, 0.05) is 19.0 Å². The first-order valence-electron chi connectivity index (χ1n) is 4.88. The molecule has 0 unspecified atom stereocenters. The number of halogens is 2. The summed E-state index contributed by atoms with van der Waals surface area (Å²) in [5.41, 5.74) is -0.678. The van der Waals surface area contributed by atoms with Crippen molar-refractivity contribution in [1.82, 2.24) is 5.32 Å².